The van der Waals surface area contributed by atoms with Crippen LogP contribution in [0.5, 0.6) is 0 Å². The quantitative estimate of drug-likeness (QED) is 0.813. The van der Waals surface area contributed by atoms with Gasteiger partial charge in [-0.3, -0.25) is 9.69 Å². The van der Waals surface area contributed by atoms with Crippen LogP contribution in [0.2, 0.25) is 0 Å². The van der Waals surface area contributed by atoms with Crippen molar-refractivity contribution in [1.82, 2.24) is 10.2 Å². The highest BCUT2D eigenvalue weighted by molar-refractivity contribution is 5.78. The van der Waals surface area contributed by atoms with Gasteiger partial charge in [0.25, 0.3) is 0 Å². The number of carbonyl (C=O) groups excluding carboxylic acids is 1. The number of aliphatic hydroxyl groups excluding tert-OH is 1. The normalized spacial score (nSPS) is 16.7. The molecule has 4 heteroatoms. The number of piperidine rings is 1. The van der Waals surface area contributed by atoms with E-state index in [-0.39, 0.29) is 17.9 Å². The van der Waals surface area contributed by atoms with Crippen LogP contribution >= 0.6 is 0 Å². The van der Waals surface area contributed by atoms with Crippen molar-refractivity contribution in [2.24, 2.45) is 5.92 Å². The van der Waals surface area contributed by atoms with Crippen LogP contribution in [0.15, 0.2) is 24.3 Å². The topological polar surface area (TPSA) is 52.6 Å². The van der Waals surface area contributed by atoms with Crippen LogP contribution in [-0.2, 0) is 17.9 Å². The largest absolute Gasteiger partial charge is 0.393 e. The van der Waals surface area contributed by atoms with Gasteiger partial charge in [-0.05, 0) is 36.8 Å². The van der Waals surface area contributed by atoms with Crippen LogP contribution in [0.3, 0.4) is 0 Å². The minimum Gasteiger partial charge on any atom is -0.393 e. The molecule has 0 unspecified atom stereocenters. The monoisotopic (exact) mass is 318 g/mol. The fraction of sp³-hybridized carbons (Fsp3) is 0.632. The Balaban J connectivity index is 1.93. The number of nitrogens with zero attached hydrogens (tertiary/aromatic N) is 1. The fourth-order valence-corrected chi connectivity index (χ4v) is 3.19. The first-order chi connectivity index (χ1) is 11.1. The molecule has 128 valence electrons. The lowest BCUT2D eigenvalue weighted by atomic mass is 10.0. The third-order valence-electron chi connectivity index (χ3n) is 4.88. The highest BCUT2D eigenvalue weighted by Gasteiger charge is 2.18. The molecular formula is C19H30N2O2. The number of hydrogen-bond acceptors (Lipinski definition) is 3. The molecule has 1 saturated heterocycles. The van der Waals surface area contributed by atoms with Crippen LogP contribution in [0.4, 0.5) is 0 Å². The van der Waals surface area contributed by atoms with Crippen molar-refractivity contribution in [3.05, 3.63) is 35.4 Å². The molecule has 1 aromatic carbocycles. The molecule has 0 aromatic heterocycles. The fourth-order valence-electron chi connectivity index (χ4n) is 3.19. The number of carbonyl (C=O) groups is 1. The van der Waals surface area contributed by atoms with E-state index in [1.165, 1.54) is 11.1 Å². The van der Waals surface area contributed by atoms with Crippen molar-refractivity contribution >= 4 is 5.91 Å². The Hall–Kier alpha value is -1.39. The Bertz CT molecular complexity index is 492. The van der Waals surface area contributed by atoms with E-state index in [1.54, 1.807) is 0 Å². The second-order valence-corrected chi connectivity index (χ2v) is 6.51. The van der Waals surface area contributed by atoms with Crippen LogP contribution in [0.25, 0.3) is 0 Å². The molecule has 0 radical (unpaired) electrons. The van der Waals surface area contributed by atoms with Crippen LogP contribution in [0.1, 0.15) is 50.7 Å². The summed E-state index contributed by atoms with van der Waals surface area (Å²) in [5.74, 6) is 0.275. The number of amides is 1. The van der Waals surface area contributed by atoms with Crippen molar-refractivity contribution in [3.8, 4) is 0 Å². The van der Waals surface area contributed by atoms with Gasteiger partial charge in [0.05, 0.1) is 6.10 Å². The number of rotatable bonds is 7. The van der Waals surface area contributed by atoms with Crippen molar-refractivity contribution < 1.29 is 9.90 Å². The molecule has 1 fully saturated rings. The lowest BCUT2D eigenvalue weighted by molar-refractivity contribution is -0.125. The minimum absolute atomic E-state index is 0.116. The molecule has 23 heavy (non-hydrogen) atoms. The molecule has 2 N–H and O–H groups in total. The molecule has 0 saturated carbocycles. The maximum atomic E-state index is 12.2. The highest BCUT2D eigenvalue weighted by atomic mass is 16.3. The third kappa shape index (κ3) is 5.33. The first kappa shape index (κ1) is 18.0. The van der Waals surface area contributed by atoms with Crippen LogP contribution in [0, 0.1) is 5.92 Å². The van der Waals surface area contributed by atoms with Crippen molar-refractivity contribution in [2.75, 3.05) is 13.1 Å². The van der Waals surface area contributed by atoms with E-state index in [1.807, 2.05) is 6.07 Å². The number of benzene rings is 1. The summed E-state index contributed by atoms with van der Waals surface area (Å²) in [6.07, 6.45) is 3.35. The zero-order valence-corrected chi connectivity index (χ0v) is 14.4. The van der Waals surface area contributed by atoms with Gasteiger partial charge in [0.15, 0.2) is 0 Å². The van der Waals surface area contributed by atoms with E-state index in [0.29, 0.717) is 6.54 Å². The molecule has 0 aliphatic carbocycles. The average Bonchev–Trinajstić information content (AvgIpc) is 2.57. The van der Waals surface area contributed by atoms with Crippen molar-refractivity contribution in [2.45, 2.75) is 58.7 Å². The third-order valence-corrected chi connectivity index (χ3v) is 4.88. The maximum absolute atomic E-state index is 12.2. The van der Waals surface area contributed by atoms with E-state index in [9.17, 15) is 9.90 Å². The molecule has 0 atom stereocenters. The van der Waals surface area contributed by atoms with Gasteiger partial charge in [0, 0.05) is 32.1 Å². The summed E-state index contributed by atoms with van der Waals surface area (Å²) in [6.45, 7) is 7.50. The van der Waals surface area contributed by atoms with Crippen molar-refractivity contribution in [1.29, 1.82) is 0 Å². The molecule has 2 rings (SSSR count). The van der Waals surface area contributed by atoms with Gasteiger partial charge in [0.1, 0.15) is 0 Å². The van der Waals surface area contributed by atoms with Gasteiger partial charge >= 0.3 is 0 Å². The zero-order chi connectivity index (χ0) is 16.7. The van der Waals surface area contributed by atoms with E-state index in [0.717, 1.165) is 45.3 Å². The maximum Gasteiger partial charge on any atom is 0.223 e. The minimum atomic E-state index is -0.138. The summed E-state index contributed by atoms with van der Waals surface area (Å²) < 4.78 is 0. The lowest BCUT2D eigenvalue weighted by Gasteiger charge is -2.30. The summed E-state index contributed by atoms with van der Waals surface area (Å²) in [5, 5.41) is 12.7. The predicted octanol–water partition coefficient (Wildman–Crippen LogP) is 2.70. The molecular weight excluding hydrogens is 288 g/mol. The summed E-state index contributed by atoms with van der Waals surface area (Å²) in [6, 6.07) is 8.33. The van der Waals surface area contributed by atoms with Gasteiger partial charge < -0.3 is 10.4 Å². The second kappa shape index (κ2) is 9.04. The summed E-state index contributed by atoms with van der Waals surface area (Å²) in [5.41, 5.74) is 2.46. The van der Waals surface area contributed by atoms with Crippen molar-refractivity contribution in [3.63, 3.8) is 0 Å². The molecule has 1 aliphatic rings. The Morgan fingerprint density at radius 2 is 1.83 bits per heavy atom. The highest BCUT2D eigenvalue weighted by Crippen LogP contribution is 2.17. The molecule has 0 bridgehead atoms. The summed E-state index contributed by atoms with van der Waals surface area (Å²) in [4.78, 5) is 14.5. The first-order valence-electron chi connectivity index (χ1n) is 8.88. The standard InChI is InChI=1S/C19H30N2O2/c1-3-15(4-2)19(23)20-13-16-7-5-6-8-17(16)14-21-11-9-18(22)10-12-21/h5-8,15,18,22H,3-4,9-14H2,1-2H3,(H,20,23). The summed E-state index contributed by atoms with van der Waals surface area (Å²) in [7, 11) is 0. The van der Waals surface area contributed by atoms with E-state index in [4.69, 9.17) is 0 Å². The van der Waals surface area contributed by atoms with Gasteiger partial charge in [0.2, 0.25) is 5.91 Å². The second-order valence-electron chi connectivity index (χ2n) is 6.51. The van der Waals surface area contributed by atoms with Gasteiger partial charge in [-0.25, -0.2) is 0 Å². The Morgan fingerprint density at radius 3 is 2.43 bits per heavy atom. The average molecular weight is 318 g/mol. The molecule has 1 aliphatic heterocycles. The van der Waals surface area contributed by atoms with E-state index < -0.39 is 0 Å². The van der Waals surface area contributed by atoms with E-state index >= 15 is 0 Å². The number of nitrogens with one attached hydrogen (secondary N) is 1. The van der Waals surface area contributed by atoms with Gasteiger partial charge in [-0.2, -0.15) is 0 Å². The lowest BCUT2D eigenvalue weighted by Crippen LogP contribution is -2.36. The molecule has 1 heterocycles. The SMILES string of the molecule is CCC(CC)C(=O)NCc1ccccc1CN1CCC(O)CC1. The molecule has 4 nitrogen and oxygen atoms in total. The molecule has 0 spiro atoms. The Morgan fingerprint density at radius 1 is 1.22 bits per heavy atom. The summed E-state index contributed by atoms with van der Waals surface area (Å²) >= 11 is 0. The predicted molar refractivity (Wildman–Crippen MR) is 92.9 cm³/mol. The molecule has 1 amide bonds. The van der Waals surface area contributed by atoms with Gasteiger partial charge in [-0.15, -0.1) is 0 Å². The number of aliphatic hydroxyl groups is 1. The van der Waals surface area contributed by atoms with Crippen LogP contribution < -0.4 is 5.32 Å². The zero-order valence-electron chi connectivity index (χ0n) is 14.4. The Labute approximate surface area is 139 Å². The smallest absolute Gasteiger partial charge is 0.223 e. The van der Waals surface area contributed by atoms with Crippen LogP contribution in [-0.4, -0.2) is 35.1 Å². The molecule has 1 aromatic rings. The van der Waals surface area contributed by atoms with Gasteiger partial charge in [-0.1, -0.05) is 38.1 Å². The number of likely N-dealkylation sites (tertiary alicyclic amines) is 1. The Kier molecular flexibility index (Phi) is 7.06. The number of hydrogen-bond donors (Lipinski definition) is 2. The van der Waals surface area contributed by atoms with E-state index in [2.05, 4.69) is 42.3 Å². The first-order valence-corrected chi connectivity index (χ1v) is 8.88.